The molecule has 2 amide bonds. The fourth-order valence-electron chi connectivity index (χ4n) is 2.49. The molecule has 0 aromatic carbocycles. The first-order valence-corrected chi connectivity index (χ1v) is 6.06. The molecule has 17 heavy (non-hydrogen) atoms. The average Bonchev–Trinajstić information content (AvgIpc) is 2.78. The monoisotopic (exact) mass is 242 g/mol. The van der Waals surface area contributed by atoms with Gasteiger partial charge in [-0.2, -0.15) is 0 Å². The number of carboxylic acids is 1. The van der Waals surface area contributed by atoms with Gasteiger partial charge in [-0.15, -0.1) is 0 Å². The van der Waals surface area contributed by atoms with Crippen molar-refractivity contribution in [3.05, 3.63) is 0 Å². The zero-order valence-electron chi connectivity index (χ0n) is 9.71. The number of piperidine rings is 1. The van der Waals surface area contributed by atoms with Crippen molar-refractivity contribution in [1.82, 2.24) is 9.80 Å². The molecule has 0 saturated carbocycles. The maximum absolute atomic E-state index is 12.1. The first-order valence-electron chi connectivity index (χ1n) is 6.06. The molecule has 6 heteroatoms. The summed E-state index contributed by atoms with van der Waals surface area (Å²) in [5, 5.41) is 18.4. The number of hydrogen-bond acceptors (Lipinski definition) is 3. The van der Waals surface area contributed by atoms with Crippen LogP contribution in [-0.2, 0) is 4.79 Å². The summed E-state index contributed by atoms with van der Waals surface area (Å²) in [5.41, 5.74) is 0. The van der Waals surface area contributed by atoms with Gasteiger partial charge in [-0.1, -0.05) is 0 Å². The minimum absolute atomic E-state index is 0.193. The number of carboxylic acid groups (broad SMARTS) is 1. The third-order valence-corrected chi connectivity index (χ3v) is 3.52. The smallest absolute Gasteiger partial charge is 0.326 e. The molecule has 6 nitrogen and oxygen atoms in total. The van der Waals surface area contributed by atoms with E-state index in [0.29, 0.717) is 38.9 Å². The largest absolute Gasteiger partial charge is 0.480 e. The second kappa shape index (κ2) is 4.91. The Labute approximate surface area is 99.8 Å². The van der Waals surface area contributed by atoms with Gasteiger partial charge in [0.1, 0.15) is 6.04 Å². The predicted molar refractivity (Wildman–Crippen MR) is 59.6 cm³/mol. The highest BCUT2D eigenvalue weighted by molar-refractivity contribution is 5.83. The number of rotatable bonds is 1. The molecule has 2 heterocycles. The van der Waals surface area contributed by atoms with E-state index in [4.69, 9.17) is 5.11 Å². The highest BCUT2D eigenvalue weighted by Crippen LogP contribution is 2.21. The number of aliphatic carboxylic acids is 1. The second-order valence-electron chi connectivity index (χ2n) is 4.69. The molecule has 1 atom stereocenters. The molecule has 0 aromatic heterocycles. The van der Waals surface area contributed by atoms with Crippen molar-refractivity contribution in [3.63, 3.8) is 0 Å². The van der Waals surface area contributed by atoms with Crippen LogP contribution in [0.2, 0.25) is 0 Å². The molecule has 2 saturated heterocycles. The van der Waals surface area contributed by atoms with Crippen molar-refractivity contribution < 1.29 is 19.8 Å². The Morgan fingerprint density at radius 1 is 1.06 bits per heavy atom. The summed E-state index contributed by atoms with van der Waals surface area (Å²) in [5.74, 6) is -0.923. The number of amides is 2. The standard InChI is InChI=1S/C11H18N2O4/c14-8-3-6-12(7-4-8)11(17)13-5-1-2-9(13)10(15)16/h8-9,14H,1-7H2,(H,15,16)/t9-/m1/s1. The molecule has 96 valence electrons. The first kappa shape index (κ1) is 12.2. The molecule has 0 spiro atoms. The van der Waals surface area contributed by atoms with E-state index in [2.05, 4.69) is 0 Å². The number of aliphatic hydroxyl groups is 1. The number of urea groups is 1. The molecule has 0 radical (unpaired) electrons. The fourth-order valence-corrected chi connectivity index (χ4v) is 2.49. The molecule has 0 aliphatic carbocycles. The maximum atomic E-state index is 12.1. The Hall–Kier alpha value is -1.30. The van der Waals surface area contributed by atoms with E-state index < -0.39 is 12.0 Å². The van der Waals surface area contributed by atoms with Crippen LogP contribution in [-0.4, -0.2) is 63.8 Å². The van der Waals surface area contributed by atoms with Crippen molar-refractivity contribution in [3.8, 4) is 0 Å². The average molecular weight is 242 g/mol. The molecule has 2 rings (SSSR count). The molecular weight excluding hydrogens is 224 g/mol. The fraction of sp³-hybridized carbons (Fsp3) is 0.818. The van der Waals surface area contributed by atoms with Crippen LogP contribution in [0.15, 0.2) is 0 Å². The summed E-state index contributed by atoms with van der Waals surface area (Å²) < 4.78 is 0. The van der Waals surface area contributed by atoms with Gasteiger partial charge in [0, 0.05) is 19.6 Å². The van der Waals surface area contributed by atoms with E-state index in [-0.39, 0.29) is 12.1 Å². The molecule has 0 aromatic rings. The topological polar surface area (TPSA) is 81.1 Å². The molecule has 0 unspecified atom stereocenters. The van der Waals surface area contributed by atoms with Crippen molar-refractivity contribution in [2.45, 2.75) is 37.8 Å². The number of aliphatic hydroxyl groups excluding tert-OH is 1. The Morgan fingerprint density at radius 3 is 2.29 bits per heavy atom. The predicted octanol–water partition coefficient (Wildman–Crippen LogP) is 0.112. The number of carbonyl (C=O) groups is 2. The minimum atomic E-state index is -0.923. The van der Waals surface area contributed by atoms with Gasteiger partial charge in [-0.25, -0.2) is 9.59 Å². The summed E-state index contributed by atoms with van der Waals surface area (Å²) in [6, 6.07) is -0.865. The Balaban J connectivity index is 1.97. The zero-order chi connectivity index (χ0) is 12.4. The SMILES string of the molecule is O=C(O)[C@H]1CCCN1C(=O)N1CCC(O)CC1. The normalized spacial score (nSPS) is 26.3. The minimum Gasteiger partial charge on any atom is -0.480 e. The molecule has 2 fully saturated rings. The highest BCUT2D eigenvalue weighted by atomic mass is 16.4. The molecule has 2 aliphatic rings. The van der Waals surface area contributed by atoms with Crippen LogP contribution in [0, 0.1) is 0 Å². The summed E-state index contributed by atoms with van der Waals surface area (Å²) in [4.78, 5) is 26.2. The van der Waals surface area contributed by atoms with E-state index in [1.807, 2.05) is 0 Å². The Kier molecular flexibility index (Phi) is 3.51. The van der Waals surface area contributed by atoms with Crippen LogP contribution < -0.4 is 0 Å². The van der Waals surface area contributed by atoms with Gasteiger partial charge in [0.25, 0.3) is 0 Å². The number of carbonyl (C=O) groups excluding carboxylic acids is 1. The van der Waals surface area contributed by atoms with Gasteiger partial charge in [0.05, 0.1) is 6.10 Å². The summed E-state index contributed by atoms with van der Waals surface area (Å²) in [7, 11) is 0. The van der Waals surface area contributed by atoms with Gasteiger partial charge in [-0.05, 0) is 25.7 Å². The number of nitrogens with zero attached hydrogens (tertiary/aromatic N) is 2. The summed E-state index contributed by atoms with van der Waals surface area (Å²) >= 11 is 0. The van der Waals surface area contributed by atoms with Crippen molar-refractivity contribution in [2.75, 3.05) is 19.6 Å². The molecule has 2 aliphatic heterocycles. The quantitative estimate of drug-likeness (QED) is 0.684. The van der Waals surface area contributed by atoms with Gasteiger partial charge in [0.15, 0.2) is 0 Å². The highest BCUT2D eigenvalue weighted by Gasteiger charge is 2.36. The van der Waals surface area contributed by atoms with E-state index in [0.717, 1.165) is 6.42 Å². The van der Waals surface area contributed by atoms with Crippen LogP contribution in [0.1, 0.15) is 25.7 Å². The van der Waals surface area contributed by atoms with Crippen LogP contribution in [0.3, 0.4) is 0 Å². The molecular formula is C11H18N2O4. The first-order chi connectivity index (χ1) is 8.09. The van der Waals surface area contributed by atoms with Crippen molar-refractivity contribution >= 4 is 12.0 Å². The van der Waals surface area contributed by atoms with Crippen LogP contribution in [0.5, 0.6) is 0 Å². The van der Waals surface area contributed by atoms with Gasteiger partial charge in [-0.3, -0.25) is 0 Å². The molecule has 0 bridgehead atoms. The lowest BCUT2D eigenvalue weighted by Gasteiger charge is -2.34. The van der Waals surface area contributed by atoms with Crippen LogP contribution in [0.4, 0.5) is 4.79 Å². The van der Waals surface area contributed by atoms with Gasteiger partial charge in [0.2, 0.25) is 0 Å². The van der Waals surface area contributed by atoms with Gasteiger partial charge < -0.3 is 20.0 Å². The van der Waals surface area contributed by atoms with Crippen LogP contribution in [0.25, 0.3) is 0 Å². The van der Waals surface area contributed by atoms with E-state index in [1.54, 1.807) is 4.90 Å². The van der Waals surface area contributed by atoms with E-state index in [1.165, 1.54) is 4.90 Å². The third kappa shape index (κ3) is 2.52. The lowest BCUT2D eigenvalue weighted by atomic mass is 10.1. The van der Waals surface area contributed by atoms with E-state index in [9.17, 15) is 14.7 Å². The zero-order valence-corrected chi connectivity index (χ0v) is 9.71. The van der Waals surface area contributed by atoms with Gasteiger partial charge >= 0.3 is 12.0 Å². The summed E-state index contributed by atoms with van der Waals surface area (Å²) in [6.07, 6.45) is 2.12. The Bertz CT molecular complexity index is 313. The number of hydrogen-bond donors (Lipinski definition) is 2. The lowest BCUT2D eigenvalue weighted by molar-refractivity contribution is -0.141. The van der Waals surface area contributed by atoms with Crippen molar-refractivity contribution in [1.29, 1.82) is 0 Å². The second-order valence-corrected chi connectivity index (χ2v) is 4.69. The third-order valence-electron chi connectivity index (χ3n) is 3.52. The van der Waals surface area contributed by atoms with Crippen LogP contribution >= 0.6 is 0 Å². The van der Waals surface area contributed by atoms with Crippen molar-refractivity contribution in [2.24, 2.45) is 0 Å². The lowest BCUT2D eigenvalue weighted by Crippen LogP contribution is -2.50. The maximum Gasteiger partial charge on any atom is 0.326 e. The summed E-state index contributed by atoms with van der Waals surface area (Å²) in [6.45, 7) is 1.56. The van der Waals surface area contributed by atoms with E-state index >= 15 is 0 Å². The molecule has 2 N–H and O–H groups in total. The number of likely N-dealkylation sites (tertiary alicyclic amines) is 2. The Morgan fingerprint density at radius 2 is 1.71 bits per heavy atom.